The van der Waals surface area contributed by atoms with Crippen LogP contribution in [0.5, 0.6) is 0 Å². The van der Waals surface area contributed by atoms with E-state index in [-0.39, 0.29) is 18.0 Å². The molecule has 2 heterocycles. The van der Waals surface area contributed by atoms with E-state index in [4.69, 9.17) is 9.47 Å². The first-order chi connectivity index (χ1) is 19.2. The first kappa shape index (κ1) is 30.7. The fourth-order valence-electron chi connectivity index (χ4n) is 5.36. The lowest BCUT2D eigenvalue weighted by molar-refractivity contribution is -0.192. The predicted molar refractivity (Wildman–Crippen MR) is 153 cm³/mol. The van der Waals surface area contributed by atoms with Gasteiger partial charge in [-0.05, 0) is 69.5 Å². The van der Waals surface area contributed by atoms with Gasteiger partial charge in [-0.2, -0.15) is 13.2 Å². The van der Waals surface area contributed by atoms with Crippen molar-refractivity contribution in [2.24, 2.45) is 5.92 Å². The zero-order valence-electron chi connectivity index (χ0n) is 23.7. The fourth-order valence-corrected chi connectivity index (χ4v) is 6.44. The third kappa shape index (κ3) is 8.17. The molecule has 0 aliphatic carbocycles. The van der Waals surface area contributed by atoms with Gasteiger partial charge in [-0.3, -0.25) is 4.79 Å². The van der Waals surface area contributed by atoms with Gasteiger partial charge >= 0.3 is 12.1 Å². The lowest BCUT2D eigenvalue weighted by atomic mass is 10.0. The maximum Gasteiger partial charge on any atom is 0.416 e. The molecule has 1 saturated heterocycles. The number of likely N-dealkylation sites (tertiary alicyclic amines) is 1. The van der Waals surface area contributed by atoms with Crippen molar-refractivity contribution in [3.63, 3.8) is 0 Å². The summed E-state index contributed by atoms with van der Waals surface area (Å²) in [6, 6.07) is 11.9. The minimum Gasteiger partial charge on any atom is -0.436 e. The molecule has 0 radical (unpaired) electrons. The number of hydrogen-bond acceptors (Lipinski definition) is 6. The number of halogens is 3. The van der Waals surface area contributed by atoms with Crippen LogP contribution in [0.2, 0.25) is 0 Å². The van der Waals surface area contributed by atoms with Crippen molar-refractivity contribution in [2.75, 3.05) is 31.1 Å². The van der Waals surface area contributed by atoms with Crippen LogP contribution >= 0.6 is 11.8 Å². The lowest BCUT2D eigenvalue weighted by Crippen LogP contribution is -2.40. The van der Waals surface area contributed by atoms with Crippen molar-refractivity contribution in [1.82, 2.24) is 4.90 Å². The molecule has 2 aromatic carbocycles. The number of rotatable bonds is 12. The zero-order valence-corrected chi connectivity index (χ0v) is 24.5. The van der Waals surface area contributed by atoms with E-state index in [1.807, 2.05) is 36.1 Å². The van der Waals surface area contributed by atoms with Crippen molar-refractivity contribution in [2.45, 2.75) is 94.1 Å². The lowest BCUT2D eigenvalue weighted by Gasteiger charge is -2.35. The average Bonchev–Trinajstić information content (AvgIpc) is 2.92. The van der Waals surface area contributed by atoms with E-state index in [1.165, 1.54) is 23.9 Å². The van der Waals surface area contributed by atoms with Crippen LogP contribution in [0.15, 0.2) is 52.3 Å². The number of fused-ring (bicyclic) bond motifs is 2. The first-order valence-corrected chi connectivity index (χ1v) is 15.3. The maximum absolute atomic E-state index is 13.5. The van der Waals surface area contributed by atoms with Crippen molar-refractivity contribution in [1.29, 1.82) is 0 Å². The molecule has 220 valence electrons. The van der Waals surface area contributed by atoms with Crippen LogP contribution in [0, 0.1) is 5.92 Å². The van der Waals surface area contributed by atoms with Gasteiger partial charge in [0.15, 0.2) is 6.29 Å². The third-order valence-corrected chi connectivity index (χ3v) is 8.78. The number of piperidine rings is 1. The number of nitrogens with zero attached hydrogens (tertiary/aromatic N) is 2. The number of hydrogen-bond donors (Lipinski definition) is 0. The Bertz CT molecular complexity index is 1120. The van der Waals surface area contributed by atoms with E-state index in [2.05, 4.69) is 11.8 Å². The number of carbonyl (C=O) groups is 1. The van der Waals surface area contributed by atoms with Gasteiger partial charge < -0.3 is 19.3 Å². The second-order valence-corrected chi connectivity index (χ2v) is 11.9. The zero-order chi connectivity index (χ0) is 28.7. The Labute approximate surface area is 240 Å². The quantitative estimate of drug-likeness (QED) is 0.143. The summed E-state index contributed by atoms with van der Waals surface area (Å²) in [4.78, 5) is 18.6. The minimum atomic E-state index is -4.38. The molecule has 2 aromatic rings. The summed E-state index contributed by atoms with van der Waals surface area (Å²) in [5.41, 5.74) is 0.952. The first-order valence-electron chi connectivity index (χ1n) is 14.5. The molecule has 2 aliphatic heterocycles. The standard InChI is InChI=1S/C31H41F3N2O3S/c1-4-5-6-10-22(2)30(37)39-23(3)38-25-15-19-35(20-16-25)17-9-18-36-26-11-7-8-12-28(26)40-29-14-13-24(21-27(29)36)31(32,33)34/h7-8,11-14,21-23,25H,4-6,9-10,15-20H2,1-3H3. The van der Waals surface area contributed by atoms with Crippen molar-refractivity contribution < 1.29 is 27.4 Å². The van der Waals surface area contributed by atoms with Crippen molar-refractivity contribution >= 4 is 29.1 Å². The van der Waals surface area contributed by atoms with Crippen LogP contribution < -0.4 is 4.90 Å². The molecule has 9 heteroatoms. The molecular weight excluding hydrogens is 537 g/mol. The van der Waals surface area contributed by atoms with Crippen molar-refractivity contribution in [3.8, 4) is 0 Å². The highest BCUT2D eigenvalue weighted by atomic mass is 32.2. The van der Waals surface area contributed by atoms with E-state index >= 15 is 0 Å². The second kappa shape index (κ2) is 14.1. The van der Waals surface area contributed by atoms with E-state index < -0.39 is 18.0 Å². The van der Waals surface area contributed by atoms with Gasteiger partial charge in [0.25, 0.3) is 0 Å². The maximum atomic E-state index is 13.5. The van der Waals surface area contributed by atoms with Gasteiger partial charge in [-0.15, -0.1) is 0 Å². The topological polar surface area (TPSA) is 42.0 Å². The van der Waals surface area contributed by atoms with Gasteiger partial charge in [-0.1, -0.05) is 57.0 Å². The second-order valence-electron chi connectivity index (χ2n) is 10.8. The predicted octanol–water partition coefficient (Wildman–Crippen LogP) is 8.28. The molecule has 0 amide bonds. The summed E-state index contributed by atoms with van der Waals surface area (Å²) >= 11 is 1.52. The average molecular weight is 579 g/mol. The molecular formula is C31H41F3N2O3S. The number of carbonyl (C=O) groups excluding carboxylic acids is 1. The summed E-state index contributed by atoms with van der Waals surface area (Å²) < 4.78 is 52.0. The van der Waals surface area contributed by atoms with Crippen LogP contribution in [0.4, 0.5) is 24.5 Å². The summed E-state index contributed by atoms with van der Waals surface area (Å²) in [6.07, 6.45) is 1.77. The Morgan fingerprint density at radius 3 is 2.45 bits per heavy atom. The van der Waals surface area contributed by atoms with Gasteiger partial charge in [0.05, 0.1) is 29.0 Å². The molecule has 0 N–H and O–H groups in total. The molecule has 0 spiro atoms. The highest BCUT2D eigenvalue weighted by Gasteiger charge is 2.33. The largest absolute Gasteiger partial charge is 0.436 e. The number of para-hydroxylation sites is 1. The van der Waals surface area contributed by atoms with E-state index in [0.717, 1.165) is 80.1 Å². The van der Waals surface area contributed by atoms with E-state index in [9.17, 15) is 18.0 Å². The molecule has 0 bridgehead atoms. The number of anilines is 2. The normalized spacial score (nSPS) is 17.7. The molecule has 0 saturated carbocycles. The molecule has 0 aromatic heterocycles. The van der Waals surface area contributed by atoms with Crippen LogP contribution in [0.25, 0.3) is 0 Å². The van der Waals surface area contributed by atoms with E-state index in [1.54, 1.807) is 13.0 Å². The number of esters is 1. The number of benzene rings is 2. The van der Waals surface area contributed by atoms with Gasteiger partial charge in [0, 0.05) is 29.4 Å². The summed E-state index contributed by atoms with van der Waals surface area (Å²) in [6.45, 7) is 9.09. The molecule has 2 unspecified atom stereocenters. The van der Waals surface area contributed by atoms with Crippen LogP contribution in [-0.2, 0) is 20.4 Å². The smallest absolute Gasteiger partial charge is 0.416 e. The summed E-state index contributed by atoms with van der Waals surface area (Å²) in [5, 5.41) is 0. The van der Waals surface area contributed by atoms with Crippen LogP contribution in [0.1, 0.15) is 71.3 Å². The van der Waals surface area contributed by atoms with Gasteiger partial charge in [0.2, 0.25) is 0 Å². The third-order valence-electron chi connectivity index (χ3n) is 7.65. The van der Waals surface area contributed by atoms with Gasteiger partial charge in [-0.25, -0.2) is 0 Å². The Balaban J connectivity index is 1.25. The molecule has 2 atom stereocenters. The Kier molecular flexibility index (Phi) is 10.8. The number of unbranched alkanes of at least 4 members (excludes halogenated alkanes) is 2. The summed E-state index contributed by atoms with van der Waals surface area (Å²) in [5.74, 6) is -0.306. The molecule has 1 fully saturated rings. The van der Waals surface area contributed by atoms with Gasteiger partial charge in [0.1, 0.15) is 0 Å². The minimum absolute atomic E-state index is 0.0492. The van der Waals surface area contributed by atoms with Crippen LogP contribution in [-0.4, -0.2) is 49.4 Å². The highest BCUT2D eigenvalue weighted by Crippen LogP contribution is 2.49. The molecule has 4 rings (SSSR count). The highest BCUT2D eigenvalue weighted by molar-refractivity contribution is 7.99. The fraction of sp³-hybridized carbons (Fsp3) is 0.581. The van der Waals surface area contributed by atoms with Crippen LogP contribution in [0.3, 0.4) is 0 Å². The number of alkyl halides is 3. The molecule has 5 nitrogen and oxygen atoms in total. The van der Waals surface area contributed by atoms with Crippen molar-refractivity contribution in [3.05, 3.63) is 48.0 Å². The van der Waals surface area contributed by atoms with E-state index in [0.29, 0.717) is 12.2 Å². The molecule has 2 aliphatic rings. The Morgan fingerprint density at radius 1 is 1.00 bits per heavy atom. The Hall–Kier alpha value is -2.23. The number of ether oxygens (including phenoxy) is 2. The summed E-state index contributed by atoms with van der Waals surface area (Å²) in [7, 11) is 0. The molecule has 40 heavy (non-hydrogen) atoms. The Morgan fingerprint density at radius 2 is 1.73 bits per heavy atom. The monoisotopic (exact) mass is 578 g/mol. The SMILES string of the molecule is CCCCCC(C)C(=O)OC(C)OC1CCN(CCCN2c3ccccc3Sc3ccc(C(F)(F)F)cc32)CC1.